The van der Waals surface area contributed by atoms with Crippen molar-refractivity contribution < 1.29 is 9.59 Å². The molecule has 2 aromatic rings. The van der Waals surface area contributed by atoms with Crippen LogP contribution >= 0.6 is 11.8 Å². The minimum absolute atomic E-state index is 0.237. The van der Waals surface area contributed by atoms with Gasteiger partial charge in [0, 0.05) is 5.56 Å². The summed E-state index contributed by atoms with van der Waals surface area (Å²) in [6, 6.07) is 16.8. The van der Waals surface area contributed by atoms with Gasteiger partial charge < -0.3 is 5.32 Å². The van der Waals surface area contributed by atoms with E-state index in [2.05, 4.69) is 17.2 Å². The van der Waals surface area contributed by atoms with Crippen LogP contribution in [0.25, 0.3) is 6.08 Å². The number of carbonyl (C=O) groups excluding carboxylic acids is 2. The minimum atomic E-state index is -0.369. The quantitative estimate of drug-likeness (QED) is 0.871. The van der Waals surface area contributed by atoms with E-state index in [-0.39, 0.29) is 11.8 Å². The Morgan fingerprint density at radius 1 is 1.12 bits per heavy atom. The normalized spacial score (nSPS) is 17.3. The lowest BCUT2D eigenvalue weighted by molar-refractivity contribution is -0.115. The van der Waals surface area contributed by atoms with Gasteiger partial charge in [-0.2, -0.15) is 4.99 Å². The average Bonchev–Trinajstić information content (AvgIpc) is 2.95. The number of benzene rings is 2. The van der Waals surface area contributed by atoms with Crippen molar-refractivity contribution in [2.24, 2.45) is 4.99 Å². The van der Waals surface area contributed by atoms with Crippen molar-refractivity contribution in [3.63, 3.8) is 0 Å². The minimum Gasteiger partial charge on any atom is -0.300 e. The van der Waals surface area contributed by atoms with Crippen molar-refractivity contribution in [1.29, 1.82) is 0 Å². The third-order valence-electron chi connectivity index (χ3n) is 3.56. The largest absolute Gasteiger partial charge is 0.300 e. The third-order valence-corrected chi connectivity index (χ3v) is 4.47. The Labute approximate surface area is 144 Å². The maximum atomic E-state index is 12.1. The first-order valence-electron chi connectivity index (χ1n) is 7.63. The molecule has 5 heteroatoms. The van der Waals surface area contributed by atoms with Gasteiger partial charge >= 0.3 is 0 Å². The molecule has 2 amide bonds. The van der Waals surface area contributed by atoms with Crippen molar-refractivity contribution in [3.8, 4) is 0 Å². The lowest BCUT2D eigenvalue weighted by Gasteiger charge is -1.98. The number of nitrogens with zero attached hydrogens (tertiary/aromatic N) is 1. The van der Waals surface area contributed by atoms with Crippen molar-refractivity contribution in [1.82, 2.24) is 5.32 Å². The van der Waals surface area contributed by atoms with E-state index in [0.717, 1.165) is 12.0 Å². The molecule has 0 aliphatic carbocycles. The van der Waals surface area contributed by atoms with Gasteiger partial charge in [0.2, 0.25) is 0 Å². The van der Waals surface area contributed by atoms with Gasteiger partial charge in [0.15, 0.2) is 5.17 Å². The molecule has 0 radical (unpaired) electrons. The van der Waals surface area contributed by atoms with Gasteiger partial charge in [-0.15, -0.1) is 0 Å². The van der Waals surface area contributed by atoms with E-state index < -0.39 is 0 Å². The Kier molecular flexibility index (Phi) is 4.91. The van der Waals surface area contributed by atoms with E-state index in [4.69, 9.17) is 0 Å². The summed E-state index contributed by atoms with van der Waals surface area (Å²) in [4.78, 5) is 28.6. The van der Waals surface area contributed by atoms with E-state index in [9.17, 15) is 9.59 Å². The Balaban J connectivity index is 1.76. The molecule has 0 spiro atoms. The van der Waals surface area contributed by atoms with Gasteiger partial charge in [0.25, 0.3) is 11.8 Å². The molecule has 120 valence electrons. The van der Waals surface area contributed by atoms with Crippen LogP contribution in [-0.2, 0) is 11.2 Å². The van der Waals surface area contributed by atoms with Crippen LogP contribution < -0.4 is 5.32 Å². The SMILES string of the molecule is CCc1ccc(/C=C2\SC(=NC(=O)c3ccccc3)NC2=O)cc1. The molecule has 2 aromatic carbocycles. The maximum absolute atomic E-state index is 12.1. The summed E-state index contributed by atoms with van der Waals surface area (Å²) in [5.74, 6) is -0.605. The number of aliphatic imine (C=N–C) groups is 1. The van der Waals surface area contributed by atoms with Crippen LogP contribution in [0.3, 0.4) is 0 Å². The first-order chi connectivity index (χ1) is 11.7. The van der Waals surface area contributed by atoms with Crippen LogP contribution in [0.5, 0.6) is 0 Å². The van der Waals surface area contributed by atoms with E-state index in [1.54, 1.807) is 30.3 Å². The lowest BCUT2D eigenvalue weighted by atomic mass is 10.1. The number of amidine groups is 1. The van der Waals surface area contributed by atoms with Crippen LogP contribution in [0.4, 0.5) is 0 Å². The maximum Gasteiger partial charge on any atom is 0.279 e. The van der Waals surface area contributed by atoms with Crippen molar-refractivity contribution in [3.05, 3.63) is 76.2 Å². The smallest absolute Gasteiger partial charge is 0.279 e. The highest BCUT2D eigenvalue weighted by atomic mass is 32.2. The van der Waals surface area contributed by atoms with E-state index in [1.807, 2.05) is 30.3 Å². The molecule has 24 heavy (non-hydrogen) atoms. The molecule has 1 saturated heterocycles. The van der Waals surface area contributed by atoms with E-state index >= 15 is 0 Å². The van der Waals surface area contributed by atoms with Crippen LogP contribution in [0.1, 0.15) is 28.4 Å². The van der Waals surface area contributed by atoms with Gasteiger partial charge in [-0.05, 0) is 47.5 Å². The number of hydrogen-bond acceptors (Lipinski definition) is 3. The second-order valence-corrected chi connectivity index (χ2v) is 6.28. The van der Waals surface area contributed by atoms with Crippen LogP contribution in [0.15, 0.2) is 64.5 Å². The first kappa shape index (κ1) is 16.2. The van der Waals surface area contributed by atoms with E-state index in [1.165, 1.54) is 17.3 Å². The molecule has 0 bridgehead atoms. The van der Waals surface area contributed by atoms with Crippen LogP contribution in [0.2, 0.25) is 0 Å². The highest BCUT2D eigenvalue weighted by molar-refractivity contribution is 8.18. The molecule has 4 nitrogen and oxygen atoms in total. The molecular weight excluding hydrogens is 320 g/mol. The standard InChI is InChI=1S/C19H16N2O2S/c1-2-13-8-10-14(11-9-13)12-16-18(23)21-19(24-16)20-17(22)15-6-4-3-5-7-15/h3-12H,2H2,1H3,(H,20,21,22,23)/b16-12-. The summed E-state index contributed by atoms with van der Waals surface area (Å²) in [6.45, 7) is 2.10. The highest BCUT2D eigenvalue weighted by Gasteiger charge is 2.24. The molecular formula is C19H16N2O2S. The fraction of sp³-hybridized carbons (Fsp3) is 0.105. The number of aryl methyl sites for hydroxylation is 1. The number of nitrogens with one attached hydrogen (secondary N) is 1. The molecule has 0 atom stereocenters. The van der Waals surface area contributed by atoms with Gasteiger partial charge in [-0.1, -0.05) is 49.4 Å². The van der Waals surface area contributed by atoms with Gasteiger partial charge in [0.05, 0.1) is 4.91 Å². The second-order valence-electron chi connectivity index (χ2n) is 5.25. The molecule has 0 saturated carbocycles. The topological polar surface area (TPSA) is 58.5 Å². The number of hydrogen-bond donors (Lipinski definition) is 1. The molecule has 1 heterocycles. The molecule has 1 N–H and O–H groups in total. The molecule has 1 fully saturated rings. The lowest BCUT2D eigenvalue weighted by Crippen LogP contribution is -2.20. The monoisotopic (exact) mass is 336 g/mol. The van der Waals surface area contributed by atoms with Gasteiger partial charge in [-0.3, -0.25) is 9.59 Å². The Morgan fingerprint density at radius 2 is 1.83 bits per heavy atom. The predicted octanol–water partition coefficient (Wildman–Crippen LogP) is 3.65. The summed E-state index contributed by atoms with van der Waals surface area (Å²) in [5.41, 5.74) is 2.68. The number of amides is 2. The number of rotatable bonds is 3. The fourth-order valence-corrected chi connectivity index (χ4v) is 3.04. The third kappa shape index (κ3) is 3.81. The van der Waals surface area contributed by atoms with Gasteiger partial charge in [0.1, 0.15) is 0 Å². The molecule has 3 rings (SSSR count). The van der Waals surface area contributed by atoms with E-state index in [0.29, 0.717) is 15.6 Å². The number of thioether (sulfide) groups is 1. The Hall–Kier alpha value is -2.66. The van der Waals surface area contributed by atoms with Gasteiger partial charge in [-0.25, -0.2) is 0 Å². The zero-order valence-electron chi connectivity index (χ0n) is 13.2. The van der Waals surface area contributed by atoms with Crippen molar-refractivity contribution in [2.45, 2.75) is 13.3 Å². The zero-order valence-corrected chi connectivity index (χ0v) is 14.0. The molecule has 0 aromatic heterocycles. The zero-order chi connectivity index (χ0) is 16.9. The summed E-state index contributed by atoms with van der Waals surface area (Å²) in [7, 11) is 0. The second kappa shape index (κ2) is 7.27. The molecule has 0 unspecified atom stereocenters. The van der Waals surface area contributed by atoms with Crippen LogP contribution in [0, 0.1) is 0 Å². The van der Waals surface area contributed by atoms with Crippen molar-refractivity contribution in [2.75, 3.05) is 0 Å². The fourth-order valence-electron chi connectivity index (χ4n) is 2.22. The summed E-state index contributed by atoms with van der Waals surface area (Å²) in [5, 5.41) is 2.94. The summed E-state index contributed by atoms with van der Waals surface area (Å²) >= 11 is 1.18. The van der Waals surface area contributed by atoms with Crippen LogP contribution in [-0.4, -0.2) is 17.0 Å². The molecule has 1 aliphatic rings. The summed E-state index contributed by atoms with van der Waals surface area (Å²) < 4.78 is 0. The number of carbonyl (C=O) groups is 2. The molecule has 1 aliphatic heterocycles. The first-order valence-corrected chi connectivity index (χ1v) is 8.45. The predicted molar refractivity (Wildman–Crippen MR) is 97.7 cm³/mol. The van der Waals surface area contributed by atoms with Crippen molar-refractivity contribution >= 4 is 34.8 Å². The average molecular weight is 336 g/mol. The summed E-state index contributed by atoms with van der Waals surface area (Å²) in [6.07, 6.45) is 2.78. The Morgan fingerprint density at radius 3 is 2.50 bits per heavy atom. The Bertz CT molecular complexity index is 824. The highest BCUT2D eigenvalue weighted by Crippen LogP contribution is 2.26.